The third-order valence-electron chi connectivity index (χ3n) is 2.21. The molecule has 0 unspecified atom stereocenters. The number of nitrogens with one attached hydrogen (secondary N) is 2. The molecule has 1 aliphatic rings. The molecule has 0 aromatic heterocycles. The molecule has 1 aromatic rings. The number of hydrogen-bond acceptors (Lipinski definition) is 3. The van der Waals surface area contributed by atoms with Crippen LogP contribution in [-0.4, -0.2) is 19.0 Å². The fourth-order valence-electron chi connectivity index (χ4n) is 1.46. The average Bonchev–Trinajstić information content (AvgIpc) is 2.58. The van der Waals surface area contributed by atoms with E-state index in [1.54, 1.807) is 18.2 Å². The molecule has 1 heterocycles. The van der Waals surface area contributed by atoms with Gasteiger partial charge in [0.15, 0.2) is 0 Å². The molecule has 2 N–H and O–H groups in total. The highest BCUT2D eigenvalue weighted by Gasteiger charge is 2.23. The molecule has 0 atom stereocenters. The maximum absolute atomic E-state index is 11.3. The summed E-state index contributed by atoms with van der Waals surface area (Å²) in [5, 5.41) is 5.01. The summed E-state index contributed by atoms with van der Waals surface area (Å²) < 4.78 is 5.13. The van der Waals surface area contributed by atoms with E-state index < -0.39 is 11.9 Å². The number of carbonyl (C=O) groups excluding carboxylic acids is 2. The van der Waals surface area contributed by atoms with Crippen LogP contribution < -0.4 is 15.4 Å². The van der Waals surface area contributed by atoms with E-state index in [1.165, 1.54) is 13.2 Å². The van der Waals surface area contributed by atoms with Crippen molar-refractivity contribution < 1.29 is 14.3 Å². The largest absolute Gasteiger partial charge is 0.496 e. The second-order valence-electron chi connectivity index (χ2n) is 3.35. The van der Waals surface area contributed by atoms with Gasteiger partial charge in [0.25, 0.3) is 5.91 Å². The molecule has 3 amide bonds. The zero-order valence-corrected chi connectivity index (χ0v) is 9.67. The fraction of sp³-hybridized carbons (Fsp3) is 0.0909. The average molecular weight is 253 g/mol. The van der Waals surface area contributed by atoms with E-state index in [1.807, 2.05) is 0 Å². The Morgan fingerprint density at radius 3 is 2.65 bits per heavy atom. The van der Waals surface area contributed by atoms with Gasteiger partial charge in [-0.25, -0.2) is 4.79 Å². The zero-order chi connectivity index (χ0) is 12.4. The first-order valence-electron chi connectivity index (χ1n) is 4.77. The van der Waals surface area contributed by atoms with Gasteiger partial charge < -0.3 is 10.1 Å². The zero-order valence-electron chi connectivity index (χ0n) is 8.91. The van der Waals surface area contributed by atoms with Crippen LogP contribution in [0.25, 0.3) is 6.08 Å². The van der Waals surface area contributed by atoms with Gasteiger partial charge in [-0.15, -0.1) is 0 Å². The standard InChI is InChI=1S/C11H9ClN2O3/c1-17-9-3-2-7(12)4-6(9)5-8-10(15)14-11(16)13-8/h2-5H,1H3,(H2,13,14,15,16)/b8-5-. The maximum atomic E-state index is 11.3. The van der Waals surface area contributed by atoms with E-state index in [9.17, 15) is 9.59 Å². The molecule has 88 valence electrons. The minimum Gasteiger partial charge on any atom is -0.496 e. The van der Waals surface area contributed by atoms with Crippen molar-refractivity contribution in [1.82, 2.24) is 10.6 Å². The first-order chi connectivity index (χ1) is 8.10. The van der Waals surface area contributed by atoms with Gasteiger partial charge in [0.05, 0.1) is 7.11 Å². The number of amides is 3. The third kappa shape index (κ3) is 2.39. The molecule has 0 radical (unpaired) electrons. The molecule has 0 aliphatic carbocycles. The van der Waals surface area contributed by atoms with E-state index in [0.717, 1.165) is 0 Å². The predicted octanol–water partition coefficient (Wildman–Crippen LogP) is 1.53. The highest BCUT2D eigenvalue weighted by molar-refractivity contribution is 6.30. The molecule has 2 rings (SSSR count). The van der Waals surface area contributed by atoms with Crippen LogP contribution in [-0.2, 0) is 4.79 Å². The molecule has 0 bridgehead atoms. The number of urea groups is 1. The summed E-state index contributed by atoms with van der Waals surface area (Å²) in [6, 6.07) is 4.46. The van der Waals surface area contributed by atoms with Gasteiger partial charge in [-0.1, -0.05) is 11.6 Å². The molecule has 1 aliphatic heterocycles. The third-order valence-corrected chi connectivity index (χ3v) is 2.45. The Morgan fingerprint density at radius 1 is 1.29 bits per heavy atom. The predicted molar refractivity (Wildman–Crippen MR) is 62.7 cm³/mol. The van der Waals surface area contributed by atoms with Crippen LogP contribution in [0.15, 0.2) is 23.9 Å². The van der Waals surface area contributed by atoms with Crippen LogP contribution in [0.5, 0.6) is 5.75 Å². The van der Waals surface area contributed by atoms with Crippen molar-refractivity contribution in [3.8, 4) is 5.75 Å². The van der Waals surface area contributed by atoms with Gasteiger partial charge in [-0.3, -0.25) is 10.1 Å². The summed E-state index contributed by atoms with van der Waals surface area (Å²) in [6.45, 7) is 0. The monoisotopic (exact) mass is 252 g/mol. The number of rotatable bonds is 2. The molecule has 0 saturated carbocycles. The molecule has 6 heteroatoms. The van der Waals surface area contributed by atoms with Crippen molar-refractivity contribution in [2.24, 2.45) is 0 Å². The Kier molecular flexibility index (Phi) is 3.01. The van der Waals surface area contributed by atoms with E-state index in [2.05, 4.69) is 10.6 Å². The first kappa shape index (κ1) is 11.5. The fourth-order valence-corrected chi connectivity index (χ4v) is 1.64. The Balaban J connectivity index is 2.41. The SMILES string of the molecule is COc1ccc(Cl)cc1/C=C1\NC(=O)NC1=O. The van der Waals surface area contributed by atoms with Gasteiger partial charge in [0.2, 0.25) is 0 Å². The Morgan fingerprint density at radius 2 is 2.06 bits per heavy atom. The number of methoxy groups -OCH3 is 1. The Hall–Kier alpha value is -2.01. The van der Waals surface area contributed by atoms with Crippen molar-refractivity contribution in [2.45, 2.75) is 0 Å². The number of carbonyl (C=O) groups is 2. The van der Waals surface area contributed by atoms with E-state index in [0.29, 0.717) is 16.3 Å². The van der Waals surface area contributed by atoms with Crippen molar-refractivity contribution in [2.75, 3.05) is 7.11 Å². The topological polar surface area (TPSA) is 67.4 Å². The summed E-state index contributed by atoms with van der Waals surface area (Å²) in [6.07, 6.45) is 1.50. The lowest BCUT2D eigenvalue weighted by Gasteiger charge is -2.05. The lowest BCUT2D eigenvalue weighted by atomic mass is 10.1. The number of benzene rings is 1. The molecule has 17 heavy (non-hydrogen) atoms. The van der Waals surface area contributed by atoms with Crippen molar-refractivity contribution >= 4 is 29.6 Å². The van der Waals surface area contributed by atoms with Gasteiger partial charge >= 0.3 is 6.03 Å². The molecular weight excluding hydrogens is 244 g/mol. The molecule has 1 fully saturated rings. The lowest BCUT2D eigenvalue weighted by Crippen LogP contribution is -2.22. The minimum absolute atomic E-state index is 0.163. The van der Waals surface area contributed by atoms with Crippen molar-refractivity contribution in [3.63, 3.8) is 0 Å². The highest BCUT2D eigenvalue weighted by atomic mass is 35.5. The number of halogens is 1. The highest BCUT2D eigenvalue weighted by Crippen LogP contribution is 2.24. The summed E-state index contributed by atoms with van der Waals surface area (Å²) >= 11 is 5.85. The van der Waals surface area contributed by atoms with Gasteiger partial charge in [-0.2, -0.15) is 0 Å². The maximum Gasteiger partial charge on any atom is 0.326 e. The van der Waals surface area contributed by atoms with E-state index in [4.69, 9.17) is 16.3 Å². The Labute approximate surface area is 102 Å². The molecule has 1 aromatic carbocycles. The van der Waals surface area contributed by atoms with Crippen LogP contribution in [0.1, 0.15) is 5.56 Å². The molecule has 0 spiro atoms. The normalized spacial score (nSPS) is 16.9. The van der Waals surface area contributed by atoms with Crippen molar-refractivity contribution in [1.29, 1.82) is 0 Å². The van der Waals surface area contributed by atoms with Gasteiger partial charge in [0, 0.05) is 10.6 Å². The van der Waals surface area contributed by atoms with Crippen LogP contribution in [0.4, 0.5) is 4.79 Å². The summed E-state index contributed by atoms with van der Waals surface area (Å²) in [5.74, 6) is 0.0906. The number of imide groups is 1. The first-order valence-corrected chi connectivity index (χ1v) is 5.15. The number of hydrogen-bond donors (Lipinski definition) is 2. The van der Waals surface area contributed by atoms with Crippen molar-refractivity contribution in [3.05, 3.63) is 34.5 Å². The minimum atomic E-state index is -0.540. The van der Waals surface area contributed by atoms with E-state index in [-0.39, 0.29) is 5.70 Å². The van der Waals surface area contributed by atoms with Crippen LogP contribution in [0.3, 0.4) is 0 Å². The quantitative estimate of drug-likeness (QED) is 0.620. The summed E-state index contributed by atoms with van der Waals surface area (Å²) in [5.41, 5.74) is 0.780. The smallest absolute Gasteiger partial charge is 0.326 e. The summed E-state index contributed by atoms with van der Waals surface area (Å²) in [4.78, 5) is 22.3. The summed E-state index contributed by atoms with van der Waals surface area (Å²) in [7, 11) is 1.51. The Bertz CT molecular complexity index is 525. The molecular formula is C11H9ClN2O3. The second kappa shape index (κ2) is 4.47. The van der Waals surface area contributed by atoms with Crippen LogP contribution >= 0.6 is 11.6 Å². The van der Waals surface area contributed by atoms with Crippen LogP contribution in [0.2, 0.25) is 5.02 Å². The van der Waals surface area contributed by atoms with Crippen LogP contribution in [0, 0.1) is 0 Å². The second-order valence-corrected chi connectivity index (χ2v) is 3.79. The number of ether oxygens (including phenoxy) is 1. The van der Waals surface area contributed by atoms with Gasteiger partial charge in [-0.05, 0) is 24.3 Å². The van der Waals surface area contributed by atoms with Gasteiger partial charge in [0.1, 0.15) is 11.4 Å². The molecule has 5 nitrogen and oxygen atoms in total. The molecule has 1 saturated heterocycles. The lowest BCUT2D eigenvalue weighted by molar-refractivity contribution is -0.115. The van der Waals surface area contributed by atoms with E-state index >= 15 is 0 Å².